The van der Waals surface area contributed by atoms with Crippen molar-refractivity contribution in [2.75, 3.05) is 32.6 Å². The van der Waals surface area contributed by atoms with E-state index in [1.165, 1.54) is 12.1 Å². The van der Waals surface area contributed by atoms with Crippen LogP contribution in [0.2, 0.25) is 5.02 Å². The Bertz CT molecular complexity index is 1160. The van der Waals surface area contributed by atoms with Gasteiger partial charge in [-0.3, -0.25) is 4.79 Å². The van der Waals surface area contributed by atoms with Gasteiger partial charge in [-0.1, -0.05) is 18.5 Å². The van der Waals surface area contributed by atoms with E-state index in [0.717, 1.165) is 18.2 Å². The number of amides is 1. The van der Waals surface area contributed by atoms with Gasteiger partial charge in [0.1, 0.15) is 11.5 Å². The first-order valence-electron chi connectivity index (χ1n) is 10.5. The summed E-state index contributed by atoms with van der Waals surface area (Å²) in [6, 6.07) is 9.63. The number of rotatable bonds is 5. The van der Waals surface area contributed by atoms with Crippen LogP contribution in [0.1, 0.15) is 30.3 Å². The molecule has 1 aromatic heterocycles. The largest absolute Gasteiger partial charge is 0.493 e. The Labute approximate surface area is 191 Å². The number of likely N-dealkylation sites (tertiary alicyclic amines) is 1. The van der Waals surface area contributed by atoms with Crippen LogP contribution in [0.5, 0.6) is 11.5 Å². The molecule has 168 valence electrons. The molecule has 0 unspecified atom stereocenters. The van der Waals surface area contributed by atoms with Crippen LogP contribution in [-0.2, 0) is 0 Å². The molecule has 1 aliphatic heterocycles. The number of halogens is 2. The van der Waals surface area contributed by atoms with Crippen molar-refractivity contribution in [1.29, 1.82) is 0 Å². The van der Waals surface area contributed by atoms with E-state index < -0.39 is 5.82 Å². The molecule has 4 rings (SSSR count). The lowest BCUT2D eigenvalue weighted by atomic mass is 9.99. The molecule has 8 heteroatoms. The van der Waals surface area contributed by atoms with E-state index in [2.05, 4.69) is 17.2 Å². The molecule has 0 aliphatic carbocycles. The molecule has 2 aromatic carbocycles. The Kier molecular flexibility index (Phi) is 6.37. The molecule has 0 bridgehead atoms. The summed E-state index contributed by atoms with van der Waals surface area (Å²) in [5.74, 6) is 1.04. The van der Waals surface area contributed by atoms with Crippen molar-refractivity contribution in [3.05, 3.63) is 52.9 Å². The first kappa shape index (κ1) is 22.1. The molecule has 3 aromatic rings. The molecule has 32 heavy (non-hydrogen) atoms. The number of benzene rings is 2. The van der Waals surface area contributed by atoms with Gasteiger partial charge in [-0.05, 0) is 49.1 Å². The number of fused-ring (bicyclic) bond motifs is 1. The van der Waals surface area contributed by atoms with Crippen molar-refractivity contribution >= 4 is 39.8 Å². The van der Waals surface area contributed by atoms with E-state index in [0.29, 0.717) is 53.1 Å². The molecule has 1 aliphatic rings. The Morgan fingerprint density at radius 1 is 1.12 bits per heavy atom. The third-order valence-corrected chi connectivity index (χ3v) is 6.09. The fourth-order valence-corrected chi connectivity index (χ4v) is 4.05. The zero-order valence-corrected chi connectivity index (χ0v) is 19.0. The van der Waals surface area contributed by atoms with Crippen LogP contribution in [0.25, 0.3) is 10.9 Å². The second-order valence-electron chi connectivity index (χ2n) is 8.01. The first-order valence-corrected chi connectivity index (χ1v) is 10.9. The zero-order valence-electron chi connectivity index (χ0n) is 18.2. The van der Waals surface area contributed by atoms with Crippen LogP contribution in [0.15, 0.2) is 36.4 Å². The van der Waals surface area contributed by atoms with E-state index >= 15 is 0 Å². The quantitative estimate of drug-likeness (QED) is 0.535. The molecule has 0 spiro atoms. The van der Waals surface area contributed by atoms with Gasteiger partial charge in [0.15, 0.2) is 11.5 Å². The summed E-state index contributed by atoms with van der Waals surface area (Å²) in [7, 11) is 3.10. The molecular weight excluding hydrogens is 433 g/mol. The van der Waals surface area contributed by atoms with Crippen LogP contribution in [-0.4, -0.2) is 43.1 Å². The lowest BCUT2D eigenvalue weighted by Crippen LogP contribution is -2.38. The lowest BCUT2D eigenvalue weighted by Gasteiger charge is -2.30. The molecule has 0 radical (unpaired) electrons. The van der Waals surface area contributed by atoms with Gasteiger partial charge in [-0.25, -0.2) is 9.37 Å². The Hall–Kier alpha value is -3.06. The van der Waals surface area contributed by atoms with Gasteiger partial charge in [0, 0.05) is 30.2 Å². The molecule has 1 amide bonds. The van der Waals surface area contributed by atoms with Gasteiger partial charge >= 0.3 is 0 Å². The molecule has 0 saturated carbocycles. The number of nitrogens with zero attached hydrogens (tertiary/aromatic N) is 2. The number of methoxy groups -OCH3 is 2. The molecular formula is C24H25ClFN3O3. The molecule has 1 N–H and O–H groups in total. The van der Waals surface area contributed by atoms with Gasteiger partial charge in [0.2, 0.25) is 0 Å². The smallest absolute Gasteiger partial charge is 0.272 e. The number of carbonyl (C=O) groups excluding carboxylic acids is 1. The highest BCUT2D eigenvalue weighted by Gasteiger charge is 2.24. The van der Waals surface area contributed by atoms with E-state index in [9.17, 15) is 9.18 Å². The number of anilines is 2. The van der Waals surface area contributed by atoms with Crippen molar-refractivity contribution < 1.29 is 18.7 Å². The molecule has 1 saturated heterocycles. The monoisotopic (exact) mass is 457 g/mol. The van der Waals surface area contributed by atoms with Crippen molar-refractivity contribution in [3.63, 3.8) is 0 Å². The summed E-state index contributed by atoms with van der Waals surface area (Å²) in [6.07, 6.45) is 1.95. The maximum Gasteiger partial charge on any atom is 0.272 e. The van der Waals surface area contributed by atoms with Crippen molar-refractivity contribution in [2.45, 2.75) is 19.8 Å². The van der Waals surface area contributed by atoms with E-state index in [1.54, 1.807) is 38.5 Å². The fraction of sp³-hybridized carbons (Fsp3) is 0.333. The molecule has 0 atom stereocenters. The highest BCUT2D eigenvalue weighted by Crippen LogP contribution is 2.36. The second kappa shape index (κ2) is 9.20. The van der Waals surface area contributed by atoms with Crippen LogP contribution < -0.4 is 14.8 Å². The lowest BCUT2D eigenvalue weighted by molar-refractivity contribution is 0.0691. The summed E-state index contributed by atoms with van der Waals surface area (Å²) >= 11 is 5.96. The number of hydrogen-bond donors (Lipinski definition) is 1. The summed E-state index contributed by atoms with van der Waals surface area (Å²) < 4.78 is 24.5. The number of aromatic nitrogens is 1. The fourth-order valence-electron chi connectivity index (χ4n) is 3.87. The summed E-state index contributed by atoms with van der Waals surface area (Å²) in [6.45, 7) is 3.62. The number of ether oxygens (including phenoxy) is 2. The maximum absolute atomic E-state index is 13.6. The average Bonchev–Trinajstić information content (AvgIpc) is 2.80. The highest BCUT2D eigenvalue weighted by atomic mass is 35.5. The minimum atomic E-state index is -0.501. The number of hydrogen-bond acceptors (Lipinski definition) is 5. The minimum absolute atomic E-state index is 0.00588. The maximum atomic E-state index is 13.6. The Morgan fingerprint density at radius 3 is 2.47 bits per heavy atom. The normalized spacial score (nSPS) is 14.5. The number of nitrogens with one attached hydrogen (secondary N) is 1. The topological polar surface area (TPSA) is 63.7 Å². The SMILES string of the molecule is COc1cc2nc(C(=O)N3CCC(C)CC3)cc(Nc3ccc(F)c(Cl)c3)c2cc1OC. The van der Waals surface area contributed by atoms with E-state index in [4.69, 9.17) is 21.1 Å². The highest BCUT2D eigenvalue weighted by molar-refractivity contribution is 6.31. The van der Waals surface area contributed by atoms with E-state index in [-0.39, 0.29) is 10.9 Å². The number of carbonyl (C=O) groups is 1. The summed E-state index contributed by atoms with van der Waals surface area (Å²) in [5.41, 5.74) is 2.13. The van der Waals surface area contributed by atoms with Gasteiger partial charge in [0.25, 0.3) is 5.91 Å². The summed E-state index contributed by atoms with van der Waals surface area (Å²) in [4.78, 5) is 19.7. The van der Waals surface area contributed by atoms with E-state index in [1.807, 2.05) is 4.90 Å². The van der Waals surface area contributed by atoms with Gasteiger partial charge < -0.3 is 19.7 Å². The molecule has 6 nitrogen and oxygen atoms in total. The van der Waals surface area contributed by atoms with Gasteiger partial charge in [-0.15, -0.1) is 0 Å². The van der Waals surface area contributed by atoms with Crippen molar-refractivity contribution in [1.82, 2.24) is 9.88 Å². The number of pyridine rings is 1. The third-order valence-electron chi connectivity index (χ3n) is 5.80. The van der Waals surface area contributed by atoms with Crippen LogP contribution in [0.3, 0.4) is 0 Å². The average molecular weight is 458 g/mol. The summed E-state index contributed by atoms with van der Waals surface area (Å²) in [5, 5.41) is 3.99. The van der Waals surface area contributed by atoms with Crippen molar-refractivity contribution in [2.24, 2.45) is 5.92 Å². The van der Waals surface area contributed by atoms with Gasteiger partial charge in [-0.2, -0.15) is 0 Å². The predicted octanol–water partition coefficient (Wildman–Crippen LogP) is 5.66. The van der Waals surface area contributed by atoms with Crippen LogP contribution in [0, 0.1) is 11.7 Å². The minimum Gasteiger partial charge on any atom is -0.493 e. The Morgan fingerprint density at radius 2 is 1.81 bits per heavy atom. The van der Waals surface area contributed by atoms with Crippen LogP contribution >= 0.6 is 11.6 Å². The zero-order chi connectivity index (χ0) is 22.8. The second-order valence-corrected chi connectivity index (χ2v) is 8.42. The van der Waals surface area contributed by atoms with Gasteiger partial charge in [0.05, 0.1) is 30.4 Å². The standard InChI is InChI=1S/C24H25ClFN3O3/c1-14-6-8-29(9-7-14)24(30)21-12-19(27-15-4-5-18(26)17(25)10-15)16-11-22(31-2)23(32-3)13-20(16)28-21/h4-5,10-14H,6-9H2,1-3H3,(H,27,28). The van der Waals surface area contributed by atoms with Crippen molar-refractivity contribution in [3.8, 4) is 11.5 Å². The predicted molar refractivity (Wildman–Crippen MR) is 124 cm³/mol. The Balaban J connectivity index is 1.80. The third kappa shape index (κ3) is 4.43. The molecule has 1 fully saturated rings. The first-order chi connectivity index (χ1) is 15.4. The van der Waals surface area contributed by atoms with Crippen LogP contribution in [0.4, 0.5) is 15.8 Å². The number of piperidine rings is 1. The molecule has 2 heterocycles.